The first-order valence-electron chi connectivity index (χ1n) is 9.14. The summed E-state index contributed by atoms with van der Waals surface area (Å²) in [6.07, 6.45) is 8.50. The van der Waals surface area contributed by atoms with Crippen molar-refractivity contribution in [2.24, 2.45) is 0 Å². The average molecular weight is 319 g/mol. The van der Waals surface area contributed by atoms with E-state index in [1.165, 1.54) is 64.7 Å². The Labute approximate surface area is 138 Å². The summed E-state index contributed by atoms with van der Waals surface area (Å²) < 4.78 is 0. The molecule has 2 aliphatic rings. The van der Waals surface area contributed by atoms with E-state index in [-0.39, 0.29) is 10.6 Å². The first-order valence-corrected chi connectivity index (χ1v) is 9.14. The van der Waals surface area contributed by atoms with Gasteiger partial charge >= 0.3 is 0 Å². The number of hydrogen-bond donors (Lipinski definition) is 2. The van der Waals surface area contributed by atoms with E-state index in [4.69, 9.17) is 0 Å². The number of nitro benzene ring substituents is 1. The lowest BCUT2D eigenvalue weighted by Gasteiger charge is -2.34. The highest BCUT2D eigenvalue weighted by atomic mass is 16.6. The molecule has 23 heavy (non-hydrogen) atoms. The SMILES string of the molecule is O=[N+]([O-])c1cccc(C[NH+]2CC[NH+](C3CCCCCC3)CC2)c1. The molecule has 5 nitrogen and oxygen atoms in total. The molecule has 0 bridgehead atoms. The van der Waals surface area contributed by atoms with E-state index in [0.29, 0.717) is 0 Å². The Balaban J connectivity index is 1.51. The van der Waals surface area contributed by atoms with Gasteiger partial charge in [-0.2, -0.15) is 0 Å². The van der Waals surface area contributed by atoms with Crippen molar-refractivity contribution in [1.29, 1.82) is 0 Å². The van der Waals surface area contributed by atoms with Crippen LogP contribution in [-0.2, 0) is 6.54 Å². The van der Waals surface area contributed by atoms with E-state index < -0.39 is 0 Å². The third kappa shape index (κ3) is 4.52. The Morgan fingerprint density at radius 2 is 1.74 bits per heavy atom. The second-order valence-electron chi connectivity index (χ2n) is 7.20. The summed E-state index contributed by atoms with van der Waals surface area (Å²) in [5, 5.41) is 10.9. The number of nitrogens with zero attached hydrogens (tertiary/aromatic N) is 1. The molecule has 1 aromatic carbocycles. The molecule has 0 atom stereocenters. The lowest BCUT2D eigenvalue weighted by molar-refractivity contribution is -1.03. The molecule has 1 saturated carbocycles. The van der Waals surface area contributed by atoms with Gasteiger partial charge in [0.05, 0.1) is 11.0 Å². The molecular weight excluding hydrogens is 290 g/mol. The predicted molar refractivity (Wildman–Crippen MR) is 89.7 cm³/mol. The van der Waals surface area contributed by atoms with Crippen molar-refractivity contribution in [1.82, 2.24) is 0 Å². The molecule has 0 unspecified atom stereocenters. The molecule has 1 aliphatic carbocycles. The van der Waals surface area contributed by atoms with Crippen LogP contribution in [0, 0.1) is 10.1 Å². The molecule has 5 heteroatoms. The molecule has 126 valence electrons. The van der Waals surface area contributed by atoms with E-state index in [2.05, 4.69) is 0 Å². The maximum Gasteiger partial charge on any atom is 0.269 e. The van der Waals surface area contributed by atoms with Gasteiger partial charge in [-0.25, -0.2) is 0 Å². The molecule has 0 aromatic heterocycles. The van der Waals surface area contributed by atoms with Crippen LogP contribution in [0.1, 0.15) is 44.1 Å². The fourth-order valence-corrected chi connectivity index (χ4v) is 4.27. The Morgan fingerprint density at radius 3 is 2.39 bits per heavy atom. The van der Waals surface area contributed by atoms with Gasteiger partial charge in [0, 0.05) is 17.7 Å². The van der Waals surface area contributed by atoms with Crippen LogP contribution in [0.15, 0.2) is 24.3 Å². The van der Waals surface area contributed by atoms with Gasteiger partial charge in [0.15, 0.2) is 0 Å². The first kappa shape index (κ1) is 16.4. The maximum absolute atomic E-state index is 10.9. The zero-order valence-electron chi connectivity index (χ0n) is 13.9. The lowest BCUT2D eigenvalue weighted by atomic mass is 10.1. The smallest absolute Gasteiger partial charge is 0.269 e. The molecule has 2 N–H and O–H groups in total. The van der Waals surface area contributed by atoms with E-state index in [1.54, 1.807) is 23.1 Å². The van der Waals surface area contributed by atoms with Crippen molar-refractivity contribution < 1.29 is 14.7 Å². The van der Waals surface area contributed by atoms with Crippen molar-refractivity contribution in [2.45, 2.75) is 51.1 Å². The zero-order chi connectivity index (χ0) is 16.1. The van der Waals surface area contributed by atoms with Gasteiger partial charge in [-0.05, 0) is 25.7 Å². The van der Waals surface area contributed by atoms with Crippen LogP contribution in [0.25, 0.3) is 0 Å². The average Bonchev–Trinajstić information content (AvgIpc) is 2.85. The zero-order valence-corrected chi connectivity index (χ0v) is 13.9. The monoisotopic (exact) mass is 319 g/mol. The molecule has 2 fully saturated rings. The first-order chi connectivity index (χ1) is 11.2. The number of hydrogen-bond acceptors (Lipinski definition) is 2. The van der Waals surface area contributed by atoms with Gasteiger partial charge in [0.2, 0.25) is 0 Å². The van der Waals surface area contributed by atoms with E-state index in [9.17, 15) is 10.1 Å². The summed E-state index contributed by atoms with van der Waals surface area (Å²) in [7, 11) is 0. The number of non-ortho nitro benzene ring substituents is 1. The molecule has 0 amide bonds. The second-order valence-corrected chi connectivity index (χ2v) is 7.20. The highest BCUT2D eigenvalue weighted by Crippen LogP contribution is 2.15. The normalized spacial score (nSPS) is 26.6. The van der Waals surface area contributed by atoms with E-state index in [0.717, 1.165) is 18.2 Å². The number of piperazine rings is 1. The minimum atomic E-state index is -0.299. The summed E-state index contributed by atoms with van der Waals surface area (Å²) in [6.45, 7) is 5.81. The largest absolute Gasteiger partial charge is 0.323 e. The number of benzene rings is 1. The molecule has 1 aliphatic heterocycles. The molecular formula is C18H29N3O2+2. The highest BCUT2D eigenvalue weighted by Gasteiger charge is 2.29. The molecule has 1 aromatic rings. The fraction of sp³-hybridized carbons (Fsp3) is 0.667. The van der Waals surface area contributed by atoms with Crippen molar-refractivity contribution in [2.75, 3.05) is 26.2 Å². The highest BCUT2D eigenvalue weighted by molar-refractivity contribution is 5.33. The Bertz CT molecular complexity index is 519. The summed E-state index contributed by atoms with van der Waals surface area (Å²) in [5.74, 6) is 0. The number of nitrogens with one attached hydrogen (secondary N) is 2. The van der Waals surface area contributed by atoms with E-state index >= 15 is 0 Å². The molecule has 1 saturated heterocycles. The number of rotatable bonds is 4. The van der Waals surface area contributed by atoms with Crippen LogP contribution in [0.3, 0.4) is 0 Å². The summed E-state index contributed by atoms with van der Waals surface area (Å²) >= 11 is 0. The van der Waals surface area contributed by atoms with Crippen LogP contribution in [0.2, 0.25) is 0 Å². The van der Waals surface area contributed by atoms with Crippen LogP contribution in [0.5, 0.6) is 0 Å². The van der Waals surface area contributed by atoms with Crippen LogP contribution in [0.4, 0.5) is 5.69 Å². The molecule has 3 rings (SSSR count). The Morgan fingerprint density at radius 1 is 1.04 bits per heavy atom. The predicted octanol–water partition coefficient (Wildman–Crippen LogP) is 0.601. The minimum Gasteiger partial charge on any atom is -0.323 e. The van der Waals surface area contributed by atoms with E-state index in [1.807, 2.05) is 11.0 Å². The molecule has 1 heterocycles. The number of nitro groups is 1. The summed E-state index contributed by atoms with van der Waals surface area (Å²) in [5.41, 5.74) is 1.30. The van der Waals surface area contributed by atoms with Gasteiger partial charge in [-0.15, -0.1) is 0 Å². The summed E-state index contributed by atoms with van der Waals surface area (Å²) in [4.78, 5) is 14.0. The van der Waals surface area contributed by atoms with Crippen LogP contribution >= 0.6 is 0 Å². The van der Waals surface area contributed by atoms with Crippen molar-refractivity contribution in [3.05, 3.63) is 39.9 Å². The van der Waals surface area contributed by atoms with Gasteiger partial charge in [0.25, 0.3) is 5.69 Å². The Hall–Kier alpha value is -1.46. The van der Waals surface area contributed by atoms with Crippen molar-refractivity contribution >= 4 is 5.69 Å². The topological polar surface area (TPSA) is 52.0 Å². The minimum absolute atomic E-state index is 0.213. The maximum atomic E-state index is 10.9. The van der Waals surface area contributed by atoms with Crippen LogP contribution < -0.4 is 9.80 Å². The van der Waals surface area contributed by atoms with Gasteiger partial charge < -0.3 is 9.80 Å². The lowest BCUT2D eigenvalue weighted by Crippen LogP contribution is -3.29. The third-order valence-electron chi connectivity index (χ3n) is 5.61. The van der Waals surface area contributed by atoms with Crippen LogP contribution in [-0.4, -0.2) is 37.1 Å². The van der Waals surface area contributed by atoms with Crippen molar-refractivity contribution in [3.8, 4) is 0 Å². The molecule has 0 radical (unpaired) electrons. The number of quaternary nitrogens is 2. The fourth-order valence-electron chi connectivity index (χ4n) is 4.27. The Kier molecular flexibility index (Phi) is 5.62. The van der Waals surface area contributed by atoms with Gasteiger partial charge in [-0.1, -0.05) is 25.0 Å². The second kappa shape index (κ2) is 7.88. The van der Waals surface area contributed by atoms with Gasteiger partial charge in [0.1, 0.15) is 32.7 Å². The van der Waals surface area contributed by atoms with Gasteiger partial charge in [-0.3, -0.25) is 10.1 Å². The molecule has 0 spiro atoms. The summed E-state index contributed by atoms with van der Waals surface area (Å²) in [6, 6.07) is 8.02. The standard InChI is InChI=1S/C18H27N3O2/c22-21(23)18-9-5-6-16(14-18)15-19-10-12-20(13-11-19)17-7-3-1-2-4-8-17/h5-6,9,14,17H,1-4,7-8,10-13,15H2/p+2. The third-order valence-corrected chi connectivity index (χ3v) is 5.61. The quantitative estimate of drug-likeness (QED) is 0.485. The van der Waals surface area contributed by atoms with Crippen molar-refractivity contribution in [3.63, 3.8) is 0 Å².